The number of aliphatic hydroxyl groups is 1. The summed E-state index contributed by atoms with van der Waals surface area (Å²) >= 11 is 0. The van der Waals surface area contributed by atoms with Crippen molar-refractivity contribution in [2.75, 3.05) is 13.7 Å². The molecule has 1 aliphatic carbocycles. The van der Waals surface area contributed by atoms with Crippen LogP contribution in [0.3, 0.4) is 0 Å². The monoisotopic (exact) mass is 266 g/mol. The van der Waals surface area contributed by atoms with Gasteiger partial charge in [0.25, 0.3) is 0 Å². The van der Waals surface area contributed by atoms with Gasteiger partial charge in [-0.2, -0.15) is 0 Å². The summed E-state index contributed by atoms with van der Waals surface area (Å²) in [4.78, 5) is 14.3. The van der Waals surface area contributed by atoms with Crippen molar-refractivity contribution in [3.8, 4) is 0 Å². The first-order valence-electron chi connectivity index (χ1n) is 6.84. The van der Waals surface area contributed by atoms with Crippen LogP contribution in [-0.2, 0) is 11.3 Å². The maximum Gasteiger partial charge on any atom is 0.354 e. The number of carbonyl (C=O) groups is 1. The summed E-state index contributed by atoms with van der Waals surface area (Å²) in [5.41, 5.74) is 1.45. The lowest BCUT2D eigenvalue weighted by Crippen LogP contribution is -2.29. The molecule has 5 nitrogen and oxygen atoms in total. The third kappa shape index (κ3) is 4.08. The van der Waals surface area contributed by atoms with E-state index in [-0.39, 0.29) is 12.1 Å². The summed E-state index contributed by atoms with van der Waals surface area (Å²) < 4.78 is 4.64. The predicted octanol–water partition coefficient (Wildman–Crippen LogP) is 1.44. The lowest BCUT2D eigenvalue weighted by molar-refractivity contribution is 0.0594. The molecule has 2 unspecified atom stereocenters. The standard InChI is InChI=1S/C14H22N2O3/c1-19-14(18)13-6-5-11(16-13)9-15-8-10-3-2-4-12(17)7-10/h5-6,10,12,15-17H,2-4,7-9H2,1H3. The Morgan fingerprint density at radius 3 is 3.11 bits per heavy atom. The molecule has 1 fully saturated rings. The fourth-order valence-electron chi connectivity index (χ4n) is 2.63. The molecular formula is C14H22N2O3. The van der Waals surface area contributed by atoms with Gasteiger partial charge in [0, 0.05) is 12.2 Å². The number of carbonyl (C=O) groups excluding carboxylic acids is 1. The lowest BCUT2D eigenvalue weighted by Gasteiger charge is -2.25. The Morgan fingerprint density at radius 1 is 1.53 bits per heavy atom. The number of rotatable bonds is 5. The second-order valence-corrected chi connectivity index (χ2v) is 5.21. The van der Waals surface area contributed by atoms with E-state index < -0.39 is 0 Å². The minimum Gasteiger partial charge on any atom is -0.464 e. The van der Waals surface area contributed by atoms with Gasteiger partial charge >= 0.3 is 5.97 Å². The molecule has 0 saturated heterocycles. The van der Waals surface area contributed by atoms with Gasteiger partial charge in [0.15, 0.2) is 0 Å². The number of aliphatic hydroxyl groups excluding tert-OH is 1. The van der Waals surface area contributed by atoms with Gasteiger partial charge in [-0.3, -0.25) is 0 Å². The van der Waals surface area contributed by atoms with Crippen LogP contribution in [0.5, 0.6) is 0 Å². The Balaban J connectivity index is 1.73. The highest BCUT2D eigenvalue weighted by Crippen LogP contribution is 2.23. The zero-order valence-corrected chi connectivity index (χ0v) is 11.3. The van der Waals surface area contributed by atoms with Gasteiger partial charge in [-0.05, 0) is 43.9 Å². The van der Waals surface area contributed by atoms with E-state index in [9.17, 15) is 9.90 Å². The zero-order valence-electron chi connectivity index (χ0n) is 11.3. The van der Waals surface area contributed by atoms with Crippen LogP contribution in [0, 0.1) is 5.92 Å². The smallest absolute Gasteiger partial charge is 0.354 e. The molecule has 0 spiro atoms. The molecule has 19 heavy (non-hydrogen) atoms. The van der Waals surface area contributed by atoms with E-state index in [0.717, 1.165) is 31.5 Å². The first-order valence-corrected chi connectivity index (χ1v) is 6.84. The van der Waals surface area contributed by atoms with Gasteiger partial charge in [-0.1, -0.05) is 6.42 Å². The molecular weight excluding hydrogens is 244 g/mol. The molecule has 0 aliphatic heterocycles. The molecule has 0 radical (unpaired) electrons. The summed E-state index contributed by atoms with van der Waals surface area (Å²) in [6, 6.07) is 3.61. The normalized spacial score (nSPS) is 23.3. The van der Waals surface area contributed by atoms with Crippen LogP contribution in [-0.4, -0.2) is 35.8 Å². The van der Waals surface area contributed by atoms with Crippen LogP contribution < -0.4 is 5.32 Å². The third-order valence-electron chi connectivity index (χ3n) is 3.66. The first-order chi connectivity index (χ1) is 9.19. The van der Waals surface area contributed by atoms with E-state index in [1.165, 1.54) is 13.5 Å². The van der Waals surface area contributed by atoms with Crippen molar-refractivity contribution in [2.24, 2.45) is 5.92 Å². The van der Waals surface area contributed by atoms with Crippen LogP contribution in [0.15, 0.2) is 12.1 Å². The van der Waals surface area contributed by atoms with E-state index in [2.05, 4.69) is 15.0 Å². The van der Waals surface area contributed by atoms with Gasteiger partial charge in [0.1, 0.15) is 5.69 Å². The number of aromatic nitrogens is 1. The first kappa shape index (κ1) is 14.1. The van der Waals surface area contributed by atoms with Crippen molar-refractivity contribution in [3.05, 3.63) is 23.5 Å². The molecule has 1 aliphatic rings. The zero-order chi connectivity index (χ0) is 13.7. The number of nitrogens with one attached hydrogen (secondary N) is 2. The summed E-state index contributed by atoms with van der Waals surface area (Å²) in [6.45, 7) is 1.60. The van der Waals surface area contributed by atoms with Crippen molar-refractivity contribution in [1.82, 2.24) is 10.3 Å². The van der Waals surface area contributed by atoms with Crippen LogP contribution in [0.2, 0.25) is 0 Å². The molecule has 2 atom stereocenters. The Bertz CT molecular complexity index is 417. The van der Waals surface area contributed by atoms with Gasteiger partial charge in [-0.25, -0.2) is 4.79 Å². The number of methoxy groups -OCH3 is 1. The number of hydrogen-bond donors (Lipinski definition) is 3. The van der Waals surface area contributed by atoms with Gasteiger partial charge in [0.2, 0.25) is 0 Å². The van der Waals surface area contributed by atoms with E-state index >= 15 is 0 Å². The van der Waals surface area contributed by atoms with Crippen LogP contribution in [0.25, 0.3) is 0 Å². The Kier molecular flexibility index (Phi) is 4.99. The number of H-pyrrole nitrogens is 1. The summed E-state index contributed by atoms with van der Waals surface area (Å²) in [5, 5.41) is 13.0. The summed E-state index contributed by atoms with van der Waals surface area (Å²) in [7, 11) is 1.37. The maximum atomic E-state index is 11.3. The fourth-order valence-corrected chi connectivity index (χ4v) is 2.63. The average molecular weight is 266 g/mol. The minimum absolute atomic E-state index is 0.128. The number of ether oxygens (including phenoxy) is 1. The topological polar surface area (TPSA) is 74.3 Å². The number of esters is 1. The van der Waals surface area contributed by atoms with Crippen LogP contribution in [0.4, 0.5) is 0 Å². The van der Waals surface area contributed by atoms with Gasteiger partial charge in [0.05, 0.1) is 13.2 Å². The Labute approximate surface area is 113 Å². The molecule has 0 aromatic carbocycles. The number of hydrogen-bond acceptors (Lipinski definition) is 4. The SMILES string of the molecule is COC(=O)c1ccc(CNCC2CCCC(O)C2)[nH]1. The molecule has 1 aromatic heterocycles. The van der Waals surface area contributed by atoms with Crippen LogP contribution in [0.1, 0.15) is 41.9 Å². The molecule has 106 valence electrons. The fraction of sp³-hybridized carbons (Fsp3) is 0.643. The summed E-state index contributed by atoms with van der Waals surface area (Å²) in [6.07, 6.45) is 4.00. The van der Waals surface area contributed by atoms with Crippen molar-refractivity contribution in [1.29, 1.82) is 0 Å². The number of aromatic amines is 1. The largest absolute Gasteiger partial charge is 0.464 e. The van der Waals surface area contributed by atoms with Crippen molar-refractivity contribution >= 4 is 5.97 Å². The highest BCUT2D eigenvalue weighted by Gasteiger charge is 2.19. The van der Waals surface area contributed by atoms with Crippen molar-refractivity contribution in [2.45, 2.75) is 38.3 Å². The highest BCUT2D eigenvalue weighted by atomic mass is 16.5. The maximum absolute atomic E-state index is 11.3. The molecule has 2 rings (SSSR count). The van der Waals surface area contributed by atoms with Crippen LogP contribution >= 0.6 is 0 Å². The highest BCUT2D eigenvalue weighted by molar-refractivity contribution is 5.87. The second kappa shape index (κ2) is 6.73. The average Bonchev–Trinajstić information content (AvgIpc) is 2.87. The summed E-state index contributed by atoms with van der Waals surface area (Å²) in [5.74, 6) is 0.209. The molecule has 0 amide bonds. The van der Waals surface area contributed by atoms with Crippen molar-refractivity contribution in [3.63, 3.8) is 0 Å². The van der Waals surface area contributed by atoms with E-state index in [0.29, 0.717) is 18.2 Å². The minimum atomic E-state index is -0.346. The Morgan fingerprint density at radius 2 is 2.37 bits per heavy atom. The molecule has 0 bridgehead atoms. The van der Waals surface area contributed by atoms with Gasteiger partial charge in [-0.15, -0.1) is 0 Å². The van der Waals surface area contributed by atoms with E-state index in [4.69, 9.17) is 0 Å². The van der Waals surface area contributed by atoms with Crippen molar-refractivity contribution < 1.29 is 14.6 Å². The lowest BCUT2D eigenvalue weighted by atomic mass is 9.87. The predicted molar refractivity (Wildman–Crippen MR) is 71.8 cm³/mol. The quantitative estimate of drug-likeness (QED) is 0.705. The third-order valence-corrected chi connectivity index (χ3v) is 3.66. The molecule has 1 heterocycles. The molecule has 1 aromatic rings. The van der Waals surface area contributed by atoms with E-state index in [1.54, 1.807) is 6.07 Å². The Hall–Kier alpha value is -1.33. The molecule has 5 heteroatoms. The molecule has 1 saturated carbocycles. The van der Waals surface area contributed by atoms with Gasteiger partial charge < -0.3 is 20.1 Å². The van der Waals surface area contributed by atoms with E-state index in [1.807, 2.05) is 6.07 Å². The second-order valence-electron chi connectivity index (χ2n) is 5.21. The molecule has 3 N–H and O–H groups in total.